The lowest BCUT2D eigenvalue weighted by molar-refractivity contribution is -0.149. The van der Waals surface area contributed by atoms with Crippen LogP contribution in [0.5, 0.6) is 0 Å². The summed E-state index contributed by atoms with van der Waals surface area (Å²) in [5.74, 6) is -1.04. The van der Waals surface area contributed by atoms with Crippen LogP contribution in [0.15, 0.2) is 71.2 Å². The highest BCUT2D eigenvalue weighted by molar-refractivity contribution is 6.29. The molecule has 0 bridgehead atoms. The zero-order valence-corrected chi connectivity index (χ0v) is 26.2. The van der Waals surface area contributed by atoms with Gasteiger partial charge in [-0.15, -0.1) is 0 Å². The van der Waals surface area contributed by atoms with Gasteiger partial charge in [0.15, 0.2) is 5.76 Å². The van der Waals surface area contributed by atoms with Crippen molar-refractivity contribution >= 4 is 35.5 Å². The number of carbonyl (C=O) groups is 4. The summed E-state index contributed by atoms with van der Waals surface area (Å²) in [5, 5.41) is 8.44. The summed E-state index contributed by atoms with van der Waals surface area (Å²) in [6.45, 7) is 9.18. The number of alkyl carbamates (subject to hydrolysis) is 1. The summed E-state index contributed by atoms with van der Waals surface area (Å²) >= 11 is 5.89. The first-order chi connectivity index (χ1) is 19.8. The van der Waals surface area contributed by atoms with E-state index < -0.39 is 35.5 Å². The van der Waals surface area contributed by atoms with Crippen molar-refractivity contribution in [2.45, 2.75) is 78.6 Å². The molecule has 1 aliphatic rings. The Labute approximate surface area is 253 Å². The van der Waals surface area contributed by atoms with E-state index >= 15 is 0 Å². The molecular weight excluding hydrogens is 562 g/mol. The molecule has 232 valence electrons. The van der Waals surface area contributed by atoms with Crippen LogP contribution in [0.4, 0.5) is 4.79 Å². The van der Waals surface area contributed by atoms with E-state index in [1.807, 2.05) is 39.8 Å². The molecule has 3 unspecified atom stereocenters. The van der Waals surface area contributed by atoms with Crippen LogP contribution in [0.2, 0.25) is 0 Å². The van der Waals surface area contributed by atoms with Gasteiger partial charge in [-0.05, 0) is 31.5 Å². The number of methoxy groups -OCH3 is 1. The first-order valence-corrected chi connectivity index (χ1v) is 14.1. The minimum Gasteiger partial charge on any atom is -0.490 e. The van der Waals surface area contributed by atoms with Gasteiger partial charge in [-0.25, -0.2) is 9.59 Å². The van der Waals surface area contributed by atoms with Crippen LogP contribution in [0.1, 0.15) is 60.3 Å². The molecule has 3 N–H and O–H groups in total. The Bertz CT molecular complexity index is 1130. The van der Waals surface area contributed by atoms with E-state index in [9.17, 15) is 19.2 Å². The van der Waals surface area contributed by atoms with Gasteiger partial charge in [0.05, 0.1) is 7.11 Å². The van der Waals surface area contributed by atoms with E-state index in [0.29, 0.717) is 30.7 Å². The van der Waals surface area contributed by atoms with Crippen LogP contribution in [-0.4, -0.2) is 56.3 Å². The Hall–Kier alpha value is -3.79. The SMILES string of the molecule is CNC(=O)OC(C/C=C\NC(=O)C(NC(=O)/C=C/C=C/C(C)=C/CC1CC=C(OC)C(=O)O1)C(C)(C)C)C/C=C(\C)Cl. The van der Waals surface area contributed by atoms with Crippen molar-refractivity contribution in [3.05, 3.63) is 71.2 Å². The average molecular weight is 606 g/mol. The van der Waals surface area contributed by atoms with Gasteiger partial charge in [0.25, 0.3) is 0 Å². The van der Waals surface area contributed by atoms with Gasteiger partial charge in [-0.3, -0.25) is 9.59 Å². The van der Waals surface area contributed by atoms with Gasteiger partial charge in [0.1, 0.15) is 18.2 Å². The molecule has 0 aromatic rings. The van der Waals surface area contributed by atoms with E-state index in [-0.39, 0.29) is 17.8 Å². The number of allylic oxidation sites excluding steroid dienone is 5. The number of cyclic esters (lactones) is 1. The van der Waals surface area contributed by atoms with E-state index in [2.05, 4.69) is 16.0 Å². The fraction of sp³-hybridized carbons (Fsp3) is 0.484. The molecule has 3 amide bonds. The second-order valence-corrected chi connectivity index (χ2v) is 11.3. The zero-order chi connectivity index (χ0) is 31.7. The molecule has 3 atom stereocenters. The van der Waals surface area contributed by atoms with Gasteiger partial charge in [0, 0.05) is 43.8 Å². The molecule has 11 heteroatoms. The van der Waals surface area contributed by atoms with Crippen LogP contribution in [0.25, 0.3) is 0 Å². The van der Waals surface area contributed by atoms with Crippen LogP contribution in [0.3, 0.4) is 0 Å². The molecule has 0 aliphatic carbocycles. The van der Waals surface area contributed by atoms with Gasteiger partial charge < -0.3 is 30.2 Å². The first-order valence-electron chi connectivity index (χ1n) is 13.7. The summed E-state index contributed by atoms with van der Waals surface area (Å²) in [5.41, 5.74) is 0.374. The van der Waals surface area contributed by atoms with Crippen molar-refractivity contribution in [1.29, 1.82) is 0 Å². The largest absolute Gasteiger partial charge is 0.490 e. The van der Waals surface area contributed by atoms with Crippen LogP contribution in [-0.2, 0) is 28.6 Å². The van der Waals surface area contributed by atoms with Crippen molar-refractivity contribution in [2.75, 3.05) is 14.2 Å². The maximum absolute atomic E-state index is 12.9. The molecule has 0 fully saturated rings. The fourth-order valence-corrected chi connectivity index (χ4v) is 3.72. The molecule has 42 heavy (non-hydrogen) atoms. The smallest absolute Gasteiger partial charge is 0.407 e. The van der Waals surface area contributed by atoms with Crippen molar-refractivity contribution in [3.8, 4) is 0 Å². The topological polar surface area (TPSA) is 132 Å². The number of carbonyl (C=O) groups excluding carboxylic acids is 4. The third-order valence-corrected chi connectivity index (χ3v) is 6.13. The molecule has 1 aliphatic heterocycles. The third-order valence-electron chi connectivity index (χ3n) is 5.98. The highest BCUT2D eigenvalue weighted by Crippen LogP contribution is 2.20. The van der Waals surface area contributed by atoms with E-state index in [1.165, 1.54) is 26.4 Å². The standard InChI is InChI=1S/C31H44ClN3O7/c1-21(14-16-24-18-19-25(40-7)29(38)41-24)11-8-9-13-26(36)35-27(31(3,4)5)28(37)34-20-10-12-23(17-15-22(2)32)42-30(39)33-6/h8-11,13-15,19-20,23-24,27H,12,16-18H2,1-7H3,(H,33,39)(H,34,37)(H,35,36)/b11-8+,13-9+,20-10-,21-14+,22-15+. The molecule has 0 aromatic heterocycles. The molecule has 0 radical (unpaired) electrons. The normalized spacial score (nSPS) is 18.0. The first kappa shape index (κ1) is 36.2. The molecule has 0 spiro atoms. The number of rotatable bonds is 14. The average Bonchev–Trinajstić information content (AvgIpc) is 2.92. The Kier molecular flexibility index (Phi) is 16.1. The number of nitrogens with one attached hydrogen (secondary N) is 3. The number of hydrogen-bond acceptors (Lipinski definition) is 7. The molecule has 1 rings (SSSR count). The molecule has 1 heterocycles. The molecule has 10 nitrogen and oxygen atoms in total. The maximum atomic E-state index is 12.9. The quantitative estimate of drug-likeness (QED) is 0.143. The Balaban J connectivity index is 2.66. The van der Waals surface area contributed by atoms with Crippen molar-refractivity contribution in [1.82, 2.24) is 16.0 Å². The van der Waals surface area contributed by atoms with E-state index in [1.54, 1.807) is 37.3 Å². The van der Waals surface area contributed by atoms with E-state index in [0.717, 1.165) is 5.57 Å². The number of hydrogen-bond donors (Lipinski definition) is 3. The second-order valence-electron chi connectivity index (χ2n) is 10.7. The van der Waals surface area contributed by atoms with Crippen LogP contribution < -0.4 is 16.0 Å². The number of esters is 1. The molecule has 0 saturated carbocycles. The summed E-state index contributed by atoms with van der Waals surface area (Å²) in [6, 6.07) is -0.810. The number of amides is 3. The Morgan fingerprint density at radius 2 is 1.83 bits per heavy atom. The molecular formula is C31H44ClN3O7. The summed E-state index contributed by atoms with van der Waals surface area (Å²) in [6.07, 6.45) is 15.7. The second kappa shape index (κ2) is 18.6. The van der Waals surface area contributed by atoms with Gasteiger partial charge in [-0.1, -0.05) is 74.4 Å². The maximum Gasteiger partial charge on any atom is 0.407 e. The lowest BCUT2D eigenvalue weighted by Crippen LogP contribution is -2.52. The van der Waals surface area contributed by atoms with Gasteiger partial charge in [0.2, 0.25) is 11.8 Å². The van der Waals surface area contributed by atoms with Crippen molar-refractivity contribution in [3.63, 3.8) is 0 Å². The zero-order valence-electron chi connectivity index (χ0n) is 25.5. The molecule has 0 saturated heterocycles. The van der Waals surface area contributed by atoms with Crippen LogP contribution in [0, 0.1) is 5.41 Å². The van der Waals surface area contributed by atoms with Crippen molar-refractivity contribution in [2.24, 2.45) is 5.41 Å². The number of ether oxygens (including phenoxy) is 3. The third kappa shape index (κ3) is 14.7. The van der Waals surface area contributed by atoms with Crippen LogP contribution >= 0.6 is 11.6 Å². The molecule has 0 aromatic carbocycles. The summed E-state index contributed by atoms with van der Waals surface area (Å²) in [4.78, 5) is 48.8. The fourth-order valence-electron chi connectivity index (χ4n) is 3.63. The van der Waals surface area contributed by atoms with Gasteiger partial charge in [-0.2, -0.15) is 0 Å². The van der Waals surface area contributed by atoms with Gasteiger partial charge >= 0.3 is 12.1 Å². The summed E-state index contributed by atoms with van der Waals surface area (Å²) < 4.78 is 15.6. The predicted octanol–water partition coefficient (Wildman–Crippen LogP) is 5.09. The number of halogens is 1. The minimum absolute atomic E-state index is 0.224. The highest BCUT2D eigenvalue weighted by atomic mass is 35.5. The Morgan fingerprint density at radius 3 is 2.43 bits per heavy atom. The highest BCUT2D eigenvalue weighted by Gasteiger charge is 2.32. The van der Waals surface area contributed by atoms with Crippen molar-refractivity contribution < 1.29 is 33.4 Å². The summed E-state index contributed by atoms with van der Waals surface area (Å²) in [7, 11) is 2.90. The minimum atomic E-state index is -0.810. The lowest BCUT2D eigenvalue weighted by atomic mass is 9.86. The lowest BCUT2D eigenvalue weighted by Gasteiger charge is -2.29. The Morgan fingerprint density at radius 1 is 1.14 bits per heavy atom. The monoisotopic (exact) mass is 605 g/mol. The predicted molar refractivity (Wildman–Crippen MR) is 163 cm³/mol. The van der Waals surface area contributed by atoms with E-state index in [4.69, 9.17) is 25.8 Å².